The van der Waals surface area contributed by atoms with Crippen molar-refractivity contribution in [2.75, 3.05) is 13.1 Å². The molecule has 1 N–H and O–H groups in total. The number of piperidine rings is 1. The number of carbonyl (C=O) groups is 1. The summed E-state index contributed by atoms with van der Waals surface area (Å²) in [5.74, 6) is 2.10. The number of likely N-dealkylation sites (tertiary alicyclic amines) is 1. The third-order valence-corrected chi connectivity index (χ3v) is 7.28. The van der Waals surface area contributed by atoms with E-state index in [1.165, 1.54) is 12.5 Å². The molecular weight excluding hydrogens is 514 g/mol. The highest BCUT2D eigenvalue weighted by molar-refractivity contribution is 6.07. The molecule has 0 radical (unpaired) electrons. The van der Waals surface area contributed by atoms with Gasteiger partial charge in [-0.05, 0) is 60.0 Å². The van der Waals surface area contributed by atoms with Crippen LogP contribution in [0.15, 0.2) is 112 Å². The lowest BCUT2D eigenvalue weighted by atomic mass is 10.0. The van der Waals surface area contributed by atoms with Crippen LogP contribution < -0.4 is 19.5 Å². The minimum Gasteiger partial charge on any atom is -0.462 e. The molecule has 0 saturated carbocycles. The van der Waals surface area contributed by atoms with E-state index in [9.17, 15) is 4.79 Å². The highest BCUT2D eigenvalue weighted by Gasteiger charge is 2.24. The molecule has 0 spiro atoms. The van der Waals surface area contributed by atoms with E-state index in [1.807, 2.05) is 48.6 Å². The summed E-state index contributed by atoms with van der Waals surface area (Å²) in [5.41, 5.74) is 1.31. The maximum atomic E-state index is 13.3. The Hall–Kier alpha value is -4.88. The van der Waals surface area contributed by atoms with Gasteiger partial charge in [-0.15, -0.1) is 13.2 Å². The van der Waals surface area contributed by atoms with Crippen LogP contribution in [0.3, 0.4) is 0 Å². The second-order valence-corrected chi connectivity index (χ2v) is 9.73. The number of hydrogen-bond acceptors (Lipinski definition) is 6. The Morgan fingerprint density at radius 2 is 1.63 bits per heavy atom. The molecule has 208 valence electrons. The first-order valence-electron chi connectivity index (χ1n) is 13.5. The van der Waals surface area contributed by atoms with Gasteiger partial charge in [-0.25, -0.2) is 0 Å². The first-order chi connectivity index (χ1) is 20.0. The van der Waals surface area contributed by atoms with Gasteiger partial charge in [0.15, 0.2) is 11.5 Å². The predicted octanol–water partition coefficient (Wildman–Crippen LogP) is 7.16. The van der Waals surface area contributed by atoms with Crippen molar-refractivity contribution in [3.63, 3.8) is 0 Å². The van der Waals surface area contributed by atoms with Gasteiger partial charge in [0.05, 0.1) is 18.0 Å². The molecule has 7 heteroatoms. The van der Waals surface area contributed by atoms with Crippen LogP contribution in [0.25, 0.3) is 21.7 Å². The number of benzene rings is 3. The molecule has 1 amide bonds. The number of rotatable bonds is 11. The Kier molecular flexibility index (Phi) is 8.46. The van der Waals surface area contributed by atoms with Crippen LogP contribution in [0.5, 0.6) is 23.0 Å². The van der Waals surface area contributed by atoms with E-state index in [1.54, 1.807) is 24.4 Å². The lowest BCUT2D eigenvalue weighted by Crippen LogP contribution is -2.47. The van der Waals surface area contributed by atoms with Gasteiger partial charge in [0, 0.05) is 48.4 Å². The summed E-state index contributed by atoms with van der Waals surface area (Å²) in [6.07, 6.45) is 9.90. The molecule has 0 bridgehead atoms. The Morgan fingerprint density at radius 3 is 2.34 bits per heavy atom. The number of nitrogens with one attached hydrogen (secondary N) is 1. The third kappa shape index (κ3) is 6.00. The number of nitrogens with zero attached hydrogens (tertiary/aromatic N) is 2. The maximum Gasteiger partial charge on any atom is 0.252 e. The van der Waals surface area contributed by atoms with E-state index < -0.39 is 0 Å². The van der Waals surface area contributed by atoms with Crippen LogP contribution in [0.1, 0.15) is 23.2 Å². The van der Waals surface area contributed by atoms with E-state index >= 15 is 0 Å². The van der Waals surface area contributed by atoms with Crippen molar-refractivity contribution in [3.05, 3.63) is 117 Å². The quantitative estimate of drug-likeness (QED) is 0.159. The Morgan fingerprint density at radius 1 is 0.902 bits per heavy atom. The lowest BCUT2D eigenvalue weighted by molar-refractivity contribution is 0.0910. The fraction of sp³-hybridized carbons (Fsp3) is 0.176. The topological polar surface area (TPSA) is 72.9 Å². The van der Waals surface area contributed by atoms with Crippen molar-refractivity contribution in [2.45, 2.75) is 24.9 Å². The highest BCUT2D eigenvalue weighted by atomic mass is 16.5. The summed E-state index contributed by atoms with van der Waals surface area (Å²) in [7, 11) is 0. The Labute approximate surface area is 240 Å². The van der Waals surface area contributed by atoms with Crippen LogP contribution in [0, 0.1) is 0 Å². The van der Waals surface area contributed by atoms with Crippen molar-refractivity contribution in [1.29, 1.82) is 0 Å². The number of amides is 1. The van der Waals surface area contributed by atoms with E-state index in [2.05, 4.69) is 41.5 Å². The van der Waals surface area contributed by atoms with E-state index in [-0.39, 0.29) is 18.0 Å². The molecule has 7 nitrogen and oxygen atoms in total. The number of carbonyl (C=O) groups excluding carboxylic acids is 1. The van der Waals surface area contributed by atoms with Gasteiger partial charge in [-0.2, -0.15) is 0 Å². The number of ether oxygens (including phenoxy) is 3. The van der Waals surface area contributed by atoms with Crippen LogP contribution in [0.2, 0.25) is 0 Å². The van der Waals surface area contributed by atoms with Gasteiger partial charge in [-0.1, -0.05) is 37.4 Å². The zero-order valence-electron chi connectivity index (χ0n) is 22.9. The second-order valence-electron chi connectivity index (χ2n) is 9.73. The van der Waals surface area contributed by atoms with Crippen molar-refractivity contribution >= 4 is 27.6 Å². The van der Waals surface area contributed by atoms with Crippen molar-refractivity contribution in [3.8, 4) is 23.0 Å². The van der Waals surface area contributed by atoms with Gasteiger partial charge in [0.1, 0.15) is 11.5 Å². The Balaban J connectivity index is 1.35. The molecule has 1 fully saturated rings. The van der Waals surface area contributed by atoms with Crippen molar-refractivity contribution < 1.29 is 19.0 Å². The summed E-state index contributed by atoms with van der Waals surface area (Å²) in [5, 5.41) is 5.74. The summed E-state index contributed by atoms with van der Waals surface area (Å²) in [6, 6.07) is 17.1. The molecule has 41 heavy (non-hydrogen) atoms. The summed E-state index contributed by atoms with van der Waals surface area (Å²) in [4.78, 5) is 20.1. The van der Waals surface area contributed by atoms with Gasteiger partial charge < -0.3 is 19.5 Å². The minimum atomic E-state index is -0.0702. The minimum absolute atomic E-state index is 0.0702. The fourth-order valence-electron chi connectivity index (χ4n) is 5.23. The van der Waals surface area contributed by atoms with E-state index in [4.69, 9.17) is 14.2 Å². The van der Waals surface area contributed by atoms with Crippen LogP contribution >= 0.6 is 0 Å². The first kappa shape index (κ1) is 27.7. The molecule has 1 aliphatic rings. The average Bonchev–Trinajstić information content (AvgIpc) is 2.99. The zero-order chi connectivity index (χ0) is 28.8. The first-order valence-corrected chi connectivity index (χ1v) is 13.5. The number of pyridine rings is 1. The molecule has 3 aromatic carbocycles. The monoisotopic (exact) mass is 547 g/mol. The predicted molar refractivity (Wildman–Crippen MR) is 164 cm³/mol. The molecule has 1 saturated heterocycles. The van der Waals surface area contributed by atoms with Crippen LogP contribution in [0.4, 0.5) is 0 Å². The molecule has 5 rings (SSSR count). The standard InChI is InChI=1S/C34H33N3O4/c1-5-25(6-2)37-18-15-24(16-19-37)36-34(38)28-11-9-10-23-20-26(12-13-27(23)28)41-31-14-17-35-30-22-33(40-8-4)32(39-7-3)21-29(30)31/h5-14,17,20-22,24-25H,1-4,15-16,18-19H2,(H,36,38). The molecule has 0 atom stereocenters. The Bertz CT molecular complexity index is 1610. The largest absolute Gasteiger partial charge is 0.462 e. The van der Waals surface area contributed by atoms with E-state index in [0.717, 1.165) is 42.1 Å². The summed E-state index contributed by atoms with van der Waals surface area (Å²) < 4.78 is 17.3. The van der Waals surface area contributed by atoms with Gasteiger partial charge >= 0.3 is 0 Å². The molecular formula is C34H33N3O4. The molecule has 1 aliphatic heterocycles. The normalized spacial score (nSPS) is 14.0. The SMILES string of the molecule is C=COc1cc2nccc(Oc3ccc4c(C(=O)NC5CCN(C(C=C)C=C)CC5)cccc4c3)c2cc1OC=C. The van der Waals surface area contributed by atoms with Gasteiger partial charge in [0.25, 0.3) is 5.91 Å². The number of fused-ring (bicyclic) bond motifs is 2. The van der Waals surface area contributed by atoms with Gasteiger partial charge in [-0.3, -0.25) is 14.7 Å². The van der Waals surface area contributed by atoms with Crippen LogP contribution in [-0.2, 0) is 0 Å². The fourth-order valence-corrected chi connectivity index (χ4v) is 5.23. The van der Waals surface area contributed by atoms with Crippen molar-refractivity contribution in [2.24, 2.45) is 0 Å². The summed E-state index contributed by atoms with van der Waals surface area (Å²) >= 11 is 0. The molecule has 0 unspecified atom stereocenters. The smallest absolute Gasteiger partial charge is 0.252 e. The second kappa shape index (κ2) is 12.5. The zero-order valence-corrected chi connectivity index (χ0v) is 22.9. The number of hydrogen-bond donors (Lipinski definition) is 1. The lowest BCUT2D eigenvalue weighted by Gasteiger charge is -2.35. The number of aromatic nitrogens is 1. The average molecular weight is 548 g/mol. The highest BCUT2D eigenvalue weighted by Crippen LogP contribution is 2.38. The third-order valence-electron chi connectivity index (χ3n) is 7.28. The van der Waals surface area contributed by atoms with Crippen molar-refractivity contribution in [1.82, 2.24) is 15.2 Å². The van der Waals surface area contributed by atoms with E-state index in [0.29, 0.717) is 34.1 Å². The maximum absolute atomic E-state index is 13.3. The molecule has 0 aliphatic carbocycles. The molecule has 1 aromatic heterocycles. The molecule has 2 heterocycles. The van der Waals surface area contributed by atoms with Crippen LogP contribution in [-0.4, -0.2) is 41.0 Å². The van der Waals surface area contributed by atoms with Gasteiger partial charge in [0.2, 0.25) is 0 Å². The summed E-state index contributed by atoms with van der Waals surface area (Å²) in [6.45, 7) is 16.8. The molecule has 4 aromatic rings.